The molecule has 1 aliphatic rings. The molecule has 1 heterocycles. The Balaban J connectivity index is 1.91. The highest BCUT2D eigenvalue weighted by Gasteiger charge is 2.19. The molecule has 0 saturated heterocycles. The highest BCUT2D eigenvalue weighted by atomic mass is 16.5. The van der Waals surface area contributed by atoms with Gasteiger partial charge in [0, 0.05) is 30.4 Å². The molecule has 2 nitrogen and oxygen atoms in total. The highest BCUT2D eigenvalue weighted by Crippen LogP contribution is 2.32. The summed E-state index contributed by atoms with van der Waals surface area (Å²) >= 11 is 0. The van der Waals surface area contributed by atoms with E-state index in [2.05, 4.69) is 53.9 Å². The first kappa shape index (κ1) is 11.8. The van der Waals surface area contributed by atoms with Crippen LogP contribution in [0.4, 0.5) is 5.69 Å². The lowest BCUT2D eigenvalue weighted by molar-refractivity contribution is 0.414. The fourth-order valence-electron chi connectivity index (χ4n) is 2.58. The van der Waals surface area contributed by atoms with Gasteiger partial charge in [-0.3, -0.25) is 0 Å². The van der Waals surface area contributed by atoms with Crippen LogP contribution in [0, 0.1) is 0 Å². The molecule has 0 aromatic heterocycles. The summed E-state index contributed by atoms with van der Waals surface area (Å²) in [4.78, 5) is 2.36. The van der Waals surface area contributed by atoms with Crippen LogP contribution in [0.1, 0.15) is 16.7 Å². The SMILES string of the molecule is C=Cc1ccc(N2Cc3ccccc3C2)cc1OC. The Kier molecular flexibility index (Phi) is 3.00. The molecule has 0 fully saturated rings. The molecular formula is C17H17NO. The van der Waals surface area contributed by atoms with Crippen LogP contribution in [-0.4, -0.2) is 7.11 Å². The van der Waals surface area contributed by atoms with E-state index in [0.717, 1.165) is 24.4 Å². The van der Waals surface area contributed by atoms with E-state index in [0.29, 0.717) is 0 Å². The maximum Gasteiger partial charge on any atom is 0.128 e. The van der Waals surface area contributed by atoms with Crippen molar-refractivity contribution in [3.05, 3.63) is 65.7 Å². The van der Waals surface area contributed by atoms with Gasteiger partial charge in [0.15, 0.2) is 0 Å². The van der Waals surface area contributed by atoms with Crippen molar-refractivity contribution in [2.24, 2.45) is 0 Å². The topological polar surface area (TPSA) is 12.5 Å². The predicted molar refractivity (Wildman–Crippen MR) is 79.4 cm³/mol. The van der Waals surface area contributed by atoms with Gasteiger partial charge in [0.1, 0.15) is 5.75 Å². The fraction of sp³-hybridized carbons (Fsp3) is 0.176. The van der Waals surface area contributed by atoms with Crippen molar-refractivity contribution in [1.82, 2.24) is 0 Å². The number of fused-ring (bicyclic) bond motifs is 1. The summed E-state index contributed by atoms with van der Waals surface area (Å²) in [7, 11) is 1.70. The zero-order valence-corrected chi connectivity index (χ0v) is 11.1. The number of ether oxygens (including phenoxy) is 1. The third-order valence-corrected chi connectivity index (χ3v) is 3.64. The summed E-state index contributed by atoms with van der Waals surface area (Å²) in [5, 5.41) is 0. The standard InChI is InChI=1S/C17H17NO/c1-3-13-8-9-16(10-17(13)19-2)18-11-14-6-4-5-7-15(14)12-18/h3-10H,1,11-12H2,2H3. The lowest BCUT2D eigenvalue weighted by Gasteiger charge is -2.19. The van der Waals surface area contributed by atoms with Crippen LogP contribution in [0.15, 0.2) is 49.0 Å². The summed E-state index contributed by atoms with van der Waals surface area (Å²) < 4.78 is 5.42. The largest absolute Gasteiger partial charge is 0.496 e. The molecule has 0 saturated carbocycles. The number of hydrogen-bond donors (Lipinski definition) is 0. The second kappa shape index (κ2) is 4.81. The van der Waals surface area contributed by atoms with E-state index in [1.807, 2.05) is 6.08 Å². The zero-order valence-electron chi connectivity index (χ0n) is 11.1. The lowest BCUT2D eigenvalue weighted by Crippen LogP contribution is -2.14. The molecule has 0 spiro atoms. The summed E-state index contributed by atoms with van der Waals surface area (Å²) in [5.74, 6) is 0.878. The van der Waals surface area contributed by atoms with Crippen LogP contribution in [0.5, 0.6) is 5.75 Å². The molecule has 0 radical (unpaired) electrons. The number of hydrogen-bond acceptors (Lipinski definition) is 2. The molecule has 0 amide bonds. The van der Waals surface area contributed by atoms with Crippen molar-refractivity contribution in [1.29, 1.82) is 0 Å². The number of anilines is 1. The van der Waals surface area contributed by atoms with Gasteiger partial charge < -0.3 is 9.64 Å². The van der Waals surface area contributed by atoms with E-state index in [-0.39, 0.29) is 0 Å². The third kappa shape index (κ3) is 2.10. The van der Waals surface area contributed by atoms with Gasteiger partial charge in [-0.15, -0.1) is 0 Å². The first-order valence-electron chi connectivity index (χ1n) is 6.44. The fourth-order valence-corrected chi connectivity index (χ4v) is 2.58. The molecule has 2 aromatic carbocycles. The molecule has 0 aliphatic carbocycles. The number of nitrogens with zero attached hydrogens (tertiary/aromatic N) is 1. The smallest absolute Gasteiger partial charge is 0.128 e. The van der Waals surface area contributed by atoms with Crippen molar-refractivity contribution < 1.29 is 4.74 Å². The normalized spacial score (nSPS) is 13.2. The molecule has 1 aliphatic heterocycles. The third-order valence-electron chi connectivity index (χ3n) is 3.64. The quantitative estimate of drug-likeness (QED) is 0.821. The van der Waals surface area contributed by atoms with E-state index in [1.54, 1.807) is 7.11 Å². The zero-order chi connectivity index (χ0) is 13.2. The Hall–Kier alpha value is -2.22. The first-order chi connectivity index (χ1) is 9.31. The van der Waals surface area contributed by atoms with Gasteiger partial charge >= 0.3 is 0 Å². The van der Waals surface area contributed by atoms with Crippen molar-refractivity contribution >= 4 is 11.8 Å². The summed E-state index contributed by atoms with van der Waals surface area (Å²) in [6.45, 7) is 5.74. The van der Waals surface area contributed by atoms with E-state index >= 15 is 0 Å². The van der Waals surface area contributed by atoms with Gasteiger partial charge in [-0.05, 0) is 23.3 Å². The van der Waals surface area contributed by atoms with Crippen LogP contribution >= 0.6 is 0 Å². The Morgan fingerprint density at radius 2 is 1.79 bits per heavy atom. The minimum absolute atomic E-state index is 0.878. The van der Waals surface area contributed by atoms with Gasteiger partial charge in [0.05, 0.1) is 7.11 Å². The Morgan fingerprint density at radius 3 is 2.37 bits per heavy atom. The Bertz CT molecular complexity index is 593. The molecule has 2 aromatic rings. The minimum Gasteiger partial charge on any atom is -0.496 e. The van der Waals surface area contributed by atoms with E-state index < -0.39 is 0 Å². The van der Waals surface area contributed by atoms with Crippen LogP contribution < -0.4 is 9.64 Å². The number of rotatable bonds is 3. The monoisotopic (exact) mass is 251 g/mol. The van der Waals surface area contributed by atoms with Gasteiger partial charge in [-0.2, -0.15) is 0 Å². The van der Waals surface area contributed by atoms with E-state index in [4.69, 9.17) is 4.74 Å². The molecule has 3 rings (SSSR count). The van der Waals surface area contributed by atoms with Crippen LogP contribution in [0.25, 0.3) is 6.08 Å². The van der Waals surface area contributed by atoms with Gasteiger partial charge in [-0.25, -0.2) is 0 Å². The van der Waals surface area contributed by atoms with Crippen molar-refractivity contribution in [2.45, 2.75) is 13.1 Å². The van der Waals surface area contributed by atoms with Crippen molar-refractivity contribution in [3.8, 4) is 5.75 Å². The molecule has 0 N–H and O–H groups in total. The predicted octanol–water partition coefficient (Wildman–Crippen LogP) is 3.86. The van der Waals surface area contributed by atoms with Gasteiger partial charge in [-0.1, -0.05) is 36.9 Å². The Labute approximate surface area is 113 Å². The summed E-state index contributed by atoms with van der Waals surface area (Å²) in [6.07, 6.45) is 1.82. The van der Waals surface area contributed by atoms with Crippen LogP contribution in [0.3, 0.4) is 0 Å². The van der Waals surface area contributed by atoms with Crippen molar-refractivity contribution in [2.75, 3.05) is 12.0 Å². The molecule has 96 valence electrons. The van der Waals surface area contributed by atoms with Gasteiger partial charge in [0.25, 0.3) is 0 Å². The molecule has 19 heavy (non-hydrogen) atoms. The molecule has 2 heteroatoms. The summed E-state index contributed by atoms with van der Waals surface area (Å²) in [5.41, 5.74) is 5.05. The maximum atomic E-state index is 5.42. The van der Waals surface area contributed by atoms with Crippen LogP contribution in [0.2, 0.25) is 0 Å². The average molecular weight is 251 g/mol. The molecule has 0 unspecified atom stereocenters. The first-order valence-corrected chi connectivity index (χ1v) is 6.44. The second-order valence-electron chi connectivity index (χ2n) is 4.76. The van der Waals surface area contributed by atoms with Crippen LogP contribution in [-0.2, 0) is 13.1 Å². The highest BCUT2D eigenvalue weighted by molar-refractivity contribution is 5.63. The molecular weight excluding hydrogens is 234 g/mol. The number of benzene rings is 2. The summed E-state index contributed by atoms with van der Waals surface area (Å²) in [6, 6.07) is 14.9. The lowest BCUT2D eigenvalue weighted by atomic mass is 10.1. The molecule has 0 bridgehead atoms. The minimum atomic E-state index is 0.878. The second-order valence-corrected chi connectivity index (χ2v) is 4.76. The van der Waals surface area contributed by atoms with Gasteiger partial charge in [0.2, 0.25) is 0 Å². The van der Waals surface area contributed by atoms with Crippen molar-refractivity contribution in [3.63, 3.8) is 0 Å². The maximum absolute atomic E-state index is 5.42. The Morgan fingerprint density at radius 1 is 1.11 bits per heavy atom. The van der Waals surface area contributed by atoms with E-state index in [1.165, 1.54) is 16.8 Å². The molecule has 0 atom stereocenters. The number of methoxy groups -OCH3 is 1. The average Bonchev–Trinajstić information content (AvgIpc) is 2.90. The van der Waals surface area contributed by atoms with E-state index in [9.17, 15) is 0 Å².